The van der Waals surface area contributed by atoms with Crippen LogP contribution in [0.5, 0.6) is 0 Å². The Morgan fingerprint density at radius 3 is 1.76 bits per heavy atom. The van der Waals surface area contributed by atoms with Gasteiger partial charge >= 0.3 is 0 Å². The minimum Gasteiger partial charge on any atom is -0.0622 e. The highest BCUT2D eigenvalue weighted by Gasteiger charge is 2.34. The number of benzene rings is 7. The van der Waals surface area contributed by atoms with Crippen LogP contribution in [0.2, 0.25) is 0 Å². The van der Waals surface area contributed by atoms with Crippen LogP contribution in [-0.2, 0) is 6.42 Å². The van der Waals surface area contributed by atoms with Crippen LogP contribution >= 0.6 is 0 Å². The summed E-state index contributed by atoms with van der Waals surface area (Å²) in [6.45, 7) is 0. The third kappa shape index (κ3) is 3.60. The zero-order valence-electron chi connectivity index (χ0n) is 24.9. The number of hydrogen-bond acceptors (Lipinski definition) is 0. The summed E-state index contributed by atoms with van der Waals surface area (Å²) >= 11 is 0. The van der Waals surface area contributed by atoms with E-state index in [0.717, 1.165) is 6.42 Å². The summed E-state index contributed by atoms with van der Waals surface area (Å²) in [5, 5.41) is 0. The highest BCUT2D eigenvalue weighted by Crippen LogP contribution is 2.53. The topological polar surface area (TPSA) is 0 Å². The minimum absolute atomic E-state index is 0.242. The lowest BCUT2D eigenvalue weighted by atomic mass is 9.84. The molecule has 3 aliphatic rings. The average Bonchev–Trinajstić information content (AvgIpc) is 3.76. The summed E-state index contributed by atoms with van der Waals surface area (Å²) in [6, 6.07) is 59.2. The van der Waals surface area contributed by atoms with Gasteiger partial charge in [-0.1, -0.05) is 146 Å². The molecule has 0 heteroatoms. The van der Waals surface area contributed by atoms with Gasteiger partial charge in [-0.15, -0.1) is 0 Å². The maximum Gasteiger partial charge on any atom is 0.0355 e. The fourth-order valence-corrected chi connectivity index (χ4v) is 8.56. The van der Waals surface area contributed by atoms with E-state index in [1.165, 1.54) is 89.0 Å². The second kappa shape index (κ2) is 9.52. The van der Waals surface area contributed by atoms with Gasteiger partial charge in [0.1, 0.15) is 0 Å². The average molecular weight is 571 g/mol. The van der Waals surface area contributed by atoms with Crippen LogP contribution in [0.4, 0.5) is 0 Å². The van der Waals surface area contributed by atoms with Gasteiger partial charge in [-0.25, -0.2) is 0 Å². The first kappa shape index (κ1) is 24.9. The van der Waals surface area contributed by atoms with E-state index >= 15 is 0 Å². The van der Waals surface area contributed by atoms with Crippen molar-refractivity contribution < 1.29 is 0 Å². The molecule has 0 saturated carbocycles. The van der Waals surface area contributed by atoms with E-state index in [2.05, 4.69) is 158 Å². The fraction of sp³-hybridized carbons (Fsp3) is 0.0667. The largest absolute Gasteiger partial charge is 0.0622 e. The lowest BCUT2D eigenvalue weighted by Gasteiger charge is -2.19. The Morgan fingerprint density at radius 1 is 0.333 bits per heavy atom. The first-order chi connectivity index (χ1) is 22.3. The van der Waals surface area contributed by atoms with E-state index in [4.69, 9.17) is 0 Å². The van der Waals surface area contributed by atoms with Gasteiger partial charge in [0.25, 0.3) is 0 Å². The molecule has 0 spiro atoms. The Hall–Kier alpha value is -5.46. The van der Waals surface area contributed by atoms with Gasteiger partial charge in [-0.05, 0) is 108 Å². The van der Waals surface area contributed by atoms with Crippen LogP contribution in [0.1, 0.15) is 56.3 Å². The van der Waals surface area contributed by atoms with Gasteiger partial charge in [0.15, 0.2) is 0 Å². The summed E-state index contributed by atoms with van der Waals surface area (Å²) < 4.78 is 0. The van der Waals surface area contributed by atoms with Crippen LogP contribution in [-0.4, -0.2) is 0 Å². The molecule has 45 heavy (non-hydrogen) atoms. The van der Waals surface area contributed by atoms with Crippen molar-refractivity contribution >= 4 is 0 Å². The minimum atomic E-state index is 0.242. The number of hydrogen-bond donors (Lipinski definition) is 0. The molecule has 0 nitrogen and oxygen atoms in total. The van der Waals surface area contributed by atoms with Crippen LogP contribution < -0.4 is 0 Å². The van der Waals surface area contributed by atoms with Gasteiger partial charge in [-0.2, -0.15) is 0 Å². The number of fused-ring (bicyclic) bond motifs is 9. The van der Waals surface area contributed by atoms with Gasteiger partial charge in [0, 0.05) is 11.8 Å². The molecule has 0 saturated heterocycles. The Morgan fingerprint density at radius 2 is 0.911 bits per heavy atom. The Bertz CT molecular complexity index is 2300. The van der Waals surface area contributed by atoms with Crippen molar-refractivity contribution in [3.05, 3.63) is 202 Å². The van der Waals surface area contributed by atoms with Crippen LogP contribution in [0.15, 0.2) is 158 Å². The van der Waals surface area contributed by atoms with Crippen molar-refractivity contribution in [2.75, 3.05) is 0 Å². The molecule has 0 aliphatic heterocycles. The second-order valence-corrected chi connectivity index (χ2v) is 12.8. The van der Waals surface area contributed by atoms with Gasteiger partial charge in [-0.3, -0.25) is 0 Å². The maximum absolute atomic E-state index is 2.45. The van der Waals surface area contributed by atoms with Gasteiger partial charge in [0.05, 0.1) is 0 Å². The molecular weight excluding hydrogens is 540 g/mol. The Labute approximate surface area is 264 Å². The standard InChI is InChI=1S/C45H30/c1-2-11-28(12-3-1)44-37-17-8-6-15-34(37)36-23-21-30(26-43(36)44)29-22-24-40-41(25-29)35-16-7-9-18-38(35)45(40)39-20-10-19-33-32-14-5-4-13-31(32)27-42(33)39/h1-26,44-45H,27H2. The highest BCUT2D eigenvalue weighted by molar-refractivity contribution is 5.88. The normalized spacial score (nSPS) is 16.4. The third-order valence-corrected chi connectivity index (χ3v) is 10.5. The maximum atomic E-state index is 2.45. The molecule has 2 unspecified atom stereocenters. The van der Waals surface area contributed by atoms with Crippen molar-refractivity contribution in [3.8, 4) is 44.5 Å². The molecule has 0 fully saturated rings. The predicted octanol–water partition coefficient (Wildman–Crippen LogP) is 11.2. The van der Waals surface area contributed by atoms with Crippen molar-refractivity contribution in [1.29, 1.82) is 0 Å². The van der Waals surface area contributed by atoms with Crippen LogP contribution in [0.25, 0.3) is 44.5 Å². The lowest BCUT2D eigenvalue weighted by molar-refractivity contribution is 0.986. The molecule has 7 aromatic rings. The fourth-order valence-electron chi connectivity index (χ4n) is 8.56. The predicted molar refractivity (Wildman–Crippen MR) is 186 cm³/mol. The van der Waals surface area contributed by atoms with E-state index < -0.39 is 0 Å². The molecule has 0 aromatic heterocycles. The zero-order valence-corrected chi connectivity index (χ0v) is 24.9. The molecule has 210 valence electrons. The third-order valence-electron chi connectivity index (χ3n) is 10.5. The van der Waals surface area contributed by atoms with E-state index in [-0.39, 0.29) is 11.8 Å². The van der Waals surface area contributed by atoms with E-state index in [1.807, 2.05) is 0 Å². The molecule has 0 amide bonds. The molecule has 0 bridgehead atoms. The first-order valence-corrected chi connectivity index (χ1v) is 16.1. The molecule has 2 atom stereocenters. The van der Waals surface area contributed by atoms with E-state index in [1.54, 1.807) is 0 Å². The SMILES string of the molecule is c1ccc(C2c3ccccc3-c3ccc(-c4ccc5c(c4)-c4ccccc4C5c4cccc5c4Cc4ccccc4-5)cc32)cc1. The lowest BCUT2D eigenvalue weighted by Crippen LogP contribution is -2.03. The van der Waals surface area contributed by atoms with Crippen LogP contribution in [0, 0.1) is 0 Å². The smallest absolute Gasteiger partial charge is 0.0355 e. The first-order valence-electron chi connectivity index (χ1n) is 16.1. The zero-order chi connectivity index (χ0) is 29.5. The molecule has 0 N–H and O–H groups in total. The van der Waals surface area contributed by atoms with Gasteiger partial charge in [0.2, 0.25) is 0 Å². The Kier molecular flexibility index (Phi) is 5.27. The molecule has 0 radical (unpaired) electrons. The summed E-state index contributed by atoms with van der Waals surface area (Å²) in [5.41, 5.74) is 22.2. The van der Waals surface area contributed by atoms with Crippen molar-refractivity contribution in [3.63, 3.8) is 0 Å². The summed E-state index contributed by atoms with van der Waals surface area (Å²) in [4.78, 5) is 0. The summed E-state index contributed by atoms with van der Waals surface area (Å²) in [6.07, 6.45) is 1.01. The second-order valence-electron chi connectivity index (χ2n) is 12.8. The summed E-state index contributed by atoms with van der Waals surface area (Å²) in [7, 11) is 0. The van der Waals surface area contributed by atoms with E-state index in [9.17, 15) is 0 Å². The van der Waals surface area contributed by atoms with E-state index in [0.29, 0.717) is 0 Å². The van der Waals surface area contributed by atoms with Crippen molar-refractivity contribution in [1.82, 2.24) is 0 Å². The molecular formula is C45H30. The quantitative estimate of drug-likeness (QED) is 0.198. The summed E-state index contributed by atoms with van der Waals surface area (Å²) in [5.74, 6) is 0.493. The van der Waals surface area contributed by atoms with Crippen LogP contribution in [0.3, 0.4) is 0 Å². The number of rotatable bonds is 3. The highest BCUT2D eigenvalue weighted by atomic mass is 14.4. The molecule has 3 aliphatic carbocycles. The van der Waals surface area contributed by atoms with Crippen molar-refractivity contribution in [2.45, 2.75) is 18.3 Å². The van der Waals surface area contributed by atoms with Crippen molar-refractivity contribution in [2.24, 2.45) is 0 Å². The molecule has 7 aromatic carbocycles. The monoisotopic (exact) mass is 570 g/mol. The molecule has 10 rings (SSSR count). The van der Waals surface area contributed by atoms with Gasteiger partial charge < -0.3 is 0 Å². The Balaban J connectivity index is 1.11. The molecule has 0 heterocycles.